The molecule has 1 aromatic rings. The van der Waals surface area contributed by atoms with Gasteiger partial charge in [-0.2, -0.15) is 16.7 Å². The maximum Gasteiger partial charge on any atom is 0.318 e. The molecule has 0 aliphatic carbocycles. The number of carbonyl (C=O) groups is 1. The van der Waals surface area contributed by atoms with E-state index in [0.29, 0.717) is 30.7 Å². The molecule has 118 valence electrons. The molecule has 0 spiro atoms. The summed E-state index contributed by atoms with van der Waals surface area (Å²) >= 11 is 3.76. The second-order valence-electron chi connectivity index (χ2n) is 5.36. The van der Waals surface area contributed by atoms with Crippen LogP contribution in [0.3, 0.4) is 0 Å². The van der Waals surface area contributed by atoms with Crippen LogP contribution in [-0.2, 0) is 9.53 Å². The standard InChI is InChI=1S/C14H22N2O3S2/c1-4-18-14(17)10(7-9(2)3)13-15-12(16-19-13)11-8-20-5-6-21-11/h9-11H,4-8H2,1-3H3. The zero-order valence-electron chi connectivity index (χ0n) is 12.7. The van der Waals surface area contributed by atoms with Crippen LogP contribution in [0.5, 0.6) is 0 Å². The first-order valence-electron chi connectivity index (χ1n) is 7.31. The van der Waals surface area contributed by atoms with Gasteiger partial charge in [0.1, 0.15) is 5.92 Å². The molecule has 1 fully saturated rings. The van der Waals surface area contributed by atoms with Crippen LogP contribution in [-0.4, -0.2) is 40.0 Å². The van der Waals surface area contributed by atoms with Gasteiger partial charge in [-0.15, -0.1) is 11.8 Å². The summed E-state index contributed by atoms with van der Waals surface area (Å²) < 4.78 is 10.5. The average molecular weight is 330 g/mol. The van der Waals surface area contributed by atoms with Crippen molar-refractivity contribution in [3.8, 4) is 0 Å². The third kappa shape index (κ3) is 4.64. The molecule has 0 N–H and O–H groups in total. The molecular formula is C14H22N2O3S2. The average Bonchev–Trinajstić information content (AvgIpc) is 2.95. The number of rotatable bonds is 6. The Hall–Kier alpha value is -0.690. The number of ether oxygens (including phenoxy) is 1. The first-order chi connectivity index (χ1) is 10.1. The number of nitrogens with zero attached hydrogens (tertiary/aromatic N) is 2. The largest absolute Gasteiger partial charge is 0.465 e. The summed E-state index contributed by atoms with van der Waals surface area (Å²) in [5.41, 5.74) is 0. The SMILES string of the molecule is CCOC(=O)C(CC(C)C)c1nc(C2CSCCS2)no1. The minimum atomic E-state index is -0.451. The molecule has 0 amide bonds. The summed E-state index contributed by atoms with van der Waals surface area (Å²) in [6, 6.07) is 0. The van der Waals surface area contributed by atoms with Gasteiger partial charge in [-0.25, -0.2) is 0 Å². The zero-order valence-corrected chi connectivity index (χ0v) is 14.3. The smallest absolute Gasteiger partial charge is 0.318 e. The number of hydrogen-bond acceptors (Lipinski definition) is 7. The van der Waals surface area contributed by atoms with E-state index in [4.69, 9.17) is 9.26 Å². The van der Waals surface area contributed by atoms with Gasteiger partial charge in [0.15, 0.2) is 5.82 Å². The number of thioether (sulfide) groups is 2. The first-order valence-corrected chi connectivity index (χ1v) is 9.51. The Labute approximate surface area is 134 Å². The first kappa shape index (κ1) is 16.7. The fourth-order valence-electron chi connectivity index (χ4n) is 2.17. The molecule has 2 atom stereocenters. The molecule has 0 saturated carbocycles. The molecule has 21 heavy (non-hydrogen) atoms. The summed E-state index contributed by atoms with van der Waals surface area (Å²) in [6.07, 6.45) is 0.660. The molecule has 2 rings (SSSR count). The number of aromatic nitrogens is 2. The highest BCUT2D eigenvalue weighted by Gasteiger charge is 2.31. The van der Waals surface area contributed by atoms with Crippen LogP contribution in [0, 0.1) is 5.92 Å². The zero-order chi connectivity index (χ0) is 15.2. The van der Waals surface area contributed by atoms with Crippen molar-refractivity contribution in [3.05, 3.63) is 11.7 Å². The van der Waals surface area contributed by atoms with Gasteiger partial charge in [0.2, 0.25) is 5.89 Å². The Bertz CT molecular complexity index is 459. The van der Waals surface area contributed by atoms with E-state index in [-0.39, 0.29) is 11.2 Å². The van der Waals surface area contributed by atoms with E-state index in [1.54, 1.807) is 6.92 Å². The molecule has 1 aliphatic heterocycles. The van der Waals surface area contributed by atoms with E-state index in [2.05, 4.69) is 24.0 Å². The van der Waals surface area contributed by atoms with Gasteiger partial charge in [-0.1, -0.05) is 19.0 Å². The lowest BCUT2D eigenvalue weighted by atomic mass is 9.97. The van der Waals surface area contributed by atoms with Gasteiger partial charge in [0.25, 0.3) is 0 Å². The van der Waals surface area contributed by atoms with Gasteiger partial charge < -0.3 is 9.26 Å². The van der Waals surface area contributed by atoms with Crippen molar-refractivity contribution in [1.82, 2.24) is 10.1 Å². The predicted molar refractivity (Wildman–Crippen MR) is 85.7 cm³/mol. The van der Waals surface area contributed by atoms with Crippen LogP contribution in [0.2, 0.25) is 0 Å². The van der Waals surface area contributed by atoms with E-state index in [9.17, 15) is 4.79 Å². The van der Waals surface area contributed by atoms with Gasteiger partial charge >= 0.3 is 5.97 Å². The summed E-state index contributed by atoms with van der Waals surface area (Å²) in [6.45, 7) is 6.30. The van der Waals surface area contributed by atoms with Crippen LogP contribution >= 0.6 is 23.5 Å². The van der Waals surface area contributed by atoms with Crippen LogP contribution in [0.25, 0.3) is 0 Å². The topological polar surface area (TPSA) is 65.2 Å². The fraction of sp³-hybridized carbons (Fsp3) is 0.786. The molecule has 1 saturated heterocycles. The fourth-order valence-corrected chi connectivity index (χ4v) is 4.76. The third-order valence-corrected chi connectivity index (χ3v) is 5.89. The van der Waals surface area contributed by atoms with Gasteiger partial charge in [0.05, 0.1) is 11.9 Å². The summed E-state index contributed by atoms with van der Waals surface area (Å²) in [5.74, 6) is 4.01. The number of hydrogen-bond donors (Lipinski definition) is 0. The molecule has 5 nitrogen and oxygen atoms in total. The highest BCUT2D eigenvalue weighted by Crippen LogP contribution is 2.36. The van der Waals surface area contributed by atoms with Crippen molar-refractivity contribution >= 4 is 29.5 Å². The lowest BCUT2D eigenvalue weighted by Crippen LogP contribution is -2.18. The van der Waals surface area contributed by atoms with Crippen LogP contribution in [0.4, 0.5) is 0 Å². The molecule has 7 heteroatoms. The molecule has 1 aliphatic rings. The van der Waals surface area contributed by atoms with Crippen LogP contribution < -0.4 is 0 Å². The van der Waals surface area contributed by atoms with Crippen molar-refractivity contribution < 1.29 is 14.1 Å². The van der Waals surface area contributed by atoms with E-state index in [0.717, 1.165) is 11.5 Å². The van der Waals surface area contributed by atoms with Gasteiger partial charge in [0, 0.05) is 17.3 Å². The van der Waals surface area contributed by atoms with Crippen molar-refractivity contribution in [1.29, 1.82) is 0 Å². The minimum absolute atomic E-state index is 0.267. The van der Waals surface area contributed by atoms with Crippen molar-refractivity contribution in [2.75, 3.05) is 23.9 Å². The highest BCUT2D eigenvalue weighted by molar-refractivity contribution is 8.06. The predicted octanol–water partition coefficient (Wildman–Crippen LogP) is 3.28. The Morgan fingerprint density at radius 2 is 2.29 bits per heavy atom. The second-order valence-corrected chi connectivity index (χ2v) is 7.82. The van der Waals surface area contributed by atoms with E-state index >= 15 is 0 Å². The van der Waals surface area contributed by atoms with E-state index in [1.807, 2.05) is 23.5 Å². The summed E-state index contributed by atoms with van der Waals surface area (Å²) in [4.78, 5) is 16.6. The Balaban J connectivity index is 2.12. The molecule has 0 bridgehead atoms. The molecule has 0 aromatic carbocycles. The van der Waals surface area contributed by atoms with Crippen molar-refractivity contribution in [3.63, 3.8) is 0 Å². The summed E-state index contributed by atoms with van der Waals surface area (Å²) in [7, 11) is 0. The highest BCUT2D eigenvalue weighted by atomic mass is 32.2. The maximum absolute atomic E-state index is 12.1. The Morgan fingerprint density at radius 1 is 1.48 bits per heavy atom. The van der Waals surface area contributed by atoms with Crippen molar-refractivity contribution in [2.45, 2.75) is 38.4 Å². The van der Waals surface area contributed by atoms with E-state index < -0.39 is 5.92 Å². The Kier molecular flexibility index (Phi) is 6.41. The molecule has 1 aromatic heterocycles. The van der Waals surface area contributed by atoms with Crippen LogP contribution in [0.15, 0.2) is 4.52 Å². The number of carbonyl (C=O) groups excluding carboxylic acids is 1. The minimum Gasteiger partial charge on any atom is -0.465 e. The molecule has 0 radical (unpaired) electrons. The van der Waals surface area contributed by atoms with Gasteiger partial charge in [-0.3, -0.25) is 4.79 Å². The monoisotopic (exact) mass is 330 g/mol. The normalized spacial score (nSPS) is 20.5. The maximum atomic E-state index is 12.1. The molecule has 2 unspecified atom stereocenters. The molecular weight excluding hydrogens is 308 g/mol. The lowest BCUT2D eigenvalue weighted by molar-refractivity contribution is -0.146. The quantitative estimate of drug-likeness (QED) is 0.741. The lowest BCUT2D eigenvalue weighted by Gasteiger charge is -2.17. The number of esters is 1. The Morgan fingerprint density at radius 3 is 2.90 bits per heavy atom. The van der Waals surface area contributed by atoms with Gasteiger partial charge in [-0.05, 0) is 19.3 Å². The summed E-state index contributed by atoms with van der Waals surface area (Å²) in [5, 5.41) is 4.35. The molecule has 2 heterocycles. The third-order valence-electron chi connectivity index (χ3n) is 3.14. The van der Waals surface area contributed by atoms with Crippen molar-refractivity contribution in [2.24, 2.45) is 5.92 Å². The second kappa shape index (κ2) is 8.08. The van der Waals surface area contributed by atoms with E-state index in [1.165, 1.54) is 5.75 Å². The van der Waals surface area contributed by atoms with Crippen LogP contribution in [0.1, 0.15) is 50.1 Å².